The Morgan fingerprint density at radius 1 is 1.47 bits per heavy atom. The topological polar surface area (TPSA) is 75.3 Å². The second kappa shape index (κ2) is 5.56. The Morgan fingerprint density at radius 3 is 2.79 bits per heavy atom. The molecule has 2 N–H and O–H groups in total. The second-order valence-electron chi connectivity index (χ2n) is 4.23. The van der Waals surface area contributed by atoms with Gasteiger partial charge in [-0.15, -0.1) is 0 Å². The zero-order valence-corrected chi connectivity index (χ0v) is 12.2. The van der Waals surface area contributed by atoms with Crippen molar-refractivity contribution >= 4 is 31.9 Å². The third kappa shape index (κ3) is 3.52. The van der Waals surface area contributed by atoms with Gasteiger partial charge in [-0.2, -0.15) is 0 Å². The van der Waals surface area contributed by atoms with E-state index in [1.54, 1.807) is 0 Å². The number of halogens is 2. The molecular formula is C11H12BrFN2O3S. The maximum Gasteiger partial charge on any atom is 0.243 e. The molecule has 5 nitrogen and oxygen atoms in total. The molecule has 19 heavy (non-hydrogen) atoms. The van der Waals surface area contributed by atoms with Gasteiger partial charge in [-0.3, -0.25) is 4.79 Å². The van der Waals surface area contributed by atoms with Gasteiger partial charge < -0.3 is 5.32 Å². The van der Waals surface area contributed by atoms with Gasteiger partial charge in [0.15, 0.2) is 0 Å². The third-order valence-electron chi connectivity index (χ3n) is 2.79. The van der Waals surface area contributed by atoms with E-state index in [2.05, 4.69) is 26.0 Å². The number of carbonyl (C=O) groups excluding carboxylic acids is 1. The summed E-state index contributed by atoms with van der Waals surface area (Å²) in [6.45, 7) is 0.0591. The quantitative estimate of drug-likeness (QED) is 0.855. The molecule has 1 saturated heterocycles. The monoisotopic (exact) mass is 350 g/mol. The van der Waals surface area contributed by atoms with Crippen LogP contribution >= 0.6 is 15.9 Å². The van der Waals surface area contributed by atoms with Crippen LogP contribution in [0.25, 0.3) is 0 Å². The van der Waals surface area contributed by atoms with Crippen molar-refractivity contribution in [1.82, 2.24) is 10.0 Å². The van der Waals surface area contributed by atoms with E-state index in [4.69, 9.17) is 0 Å². The highest BCUT2D eigenvalue weighted by Gasteiger charge is 2.24. The van der Waals surface area contributed by atoms with E-state index in [-0.39, 0.29) is 18.5 Å². The molecule has 8 heteroatoms. The SMILES string of the molecule is O=C1CCC(CNS(=O)(=O)c2ccc(Br)cc2F)N1. The highest BCUT2D eigenvalue weighted by Crippen LogP contribution is 2.19. The zero-order chi connectivity index (χ0) is 14.0. The fourth-order valence-electron chi connectivity index (χ4n) is 1.81. The minimum absolute atomic E-state index is 0.0591. The van der Waals surface area contributed by atoms with Crippen LogP contribution in [-0.2, 0) is 14.8 Å². The normalized spacial score (nSPS) is 19.5. The van der Waals surface area contributed by atoms with Crippen molar-refractivity contribution in [2.24, 2.45) is 0 Å². The van der Waals surface area contributed by atoms with Gasteiger partial charge in [0.25, 0.3) is 0 Å². The zero-order valence-electron chi connectivity index (χ0n) is 9.82. The Kier molecular flexibility index (Phi) is 4.22. The Hall–Kier alpha value is -0.990. The Morgan fingerprint density at radius 2 is 2.21 bits per heavy atom. The molecule has 0 aromatic heterocycles. The van der Waals surface area contributed by atoms with E-state index in [0.717, 1.165) is 6.07 Å². The van der Waals surface area contributed by atoms with E-state index < -0.39 is 20.7 Å². The summed E-state index contributed by atoms with van der Waals surface area (Å²) >= 11 is 3.06. The number of amides is 1. The first-order valence-corrected chi connectivity index (χ1v) is 7.90. The summed E-state index contributed by atoms with van der Waals surface area (Å²) in [5.74, 6) is -0.920. The molecule has 104 valence electrons. The lowest BCUT2D eigenvalue weighted by atomic mass is 10.2. The molecule has 0 saturated carbocycles. The van der Waals surface area contributed by atoms with Crippen LogP contribution in [0.1, 0.15) is 12.8 Å². The number of benzene rings is 1. The molecule has 2 rings (SSSR count). The summed E-state index contributed by atoms with van der Waals surface area (Å²) in [5.41, 5.74) is 0. The van der Waals surface area contributed by atoms with E-state index in [1.165, 1.54) is 12.1 Å². The van der Waals surface area contributed by atoms with E-state index in [9.17, 15) is 17.6 Å². The maximum absolute atomic E-state index is 13.6. The fourth-order valence-corrected chi connectivity index (χ4v) is 3.28. The molecule has 1 fully saturated rings. The van der Waals surface area contributed by atoms with E-state index in [0.29, 0.717) is 17.3 Å². The smallest absolute Gasteiger partial charge is 0.243 e. The maximum atomic E-state index is 13.6. The predicted molar refractivity (Wildman–Crippen MR) is 70.5 cm³/mol. The van der Waals surface area contributed by atoms with Crippen LogP contribution in [0.5, 0.6) is 0 Å². The summed E-state index contributed by atoms with van der Waals surface area (Å²) in [6, 6.07) is 3.50. The Balaban J connectivity index is 2.07. The van der Waals surface area contributed by atoms with E-state index in [1.807, 2.05) is 0 Å². The van der Waals surface area contributed by atoms with Crippen molar-refractivity contribution in [3.05, 3.63) is 28.5 Å². The molecule has 1 aromatic rings. The van der Waals surface area contributed by atoms with E-state index >= 15 is 0 Å². The van der Waals surface area contributed by atoms with Crippen LogP contribution in [0.15, 0.2) is 27.6 Å². The van der Waals surface area contributed by atoms with Gasteiger partial charge in [-0.1, -0.05) is 15.9 Å². The lowest BCUT2D eigenvalue weighted by molar-refractivity contribution is -0.119. The molecule has 0 spiro atoms. The molecule has 0 aliphatic carbocycles. The van der Waals surface area contributed by atoms with Gasteiger partial charge in [-0.05, 0) is 24.6 Å². The van der Waals surface area contributed by atoms with Gasteiger partial charge >= 0.3 is 0 Å². The van der Waals surface area contributed by atoms with Crippen LogP contribution in [0.2, 0.25) is 0 Å². The van der Waals surface area contributed by atoms with Crippen LogP contribution in [0, 0.1) is 5.82 Å². The first-order chi connectivity index (χ1) is 8.88. The number of carbonyl (C=O) groups is 1. The Labute approximate surface area is 118 Å². The lowest BCUT2D eigenvalue weighted by Crippen LogP contribution is -2.38. The van der Waals surface area contributed by atoms with Crippen molar-refractivity contribution in [2.75, 3.05) is 6.54 Å². The van der Waals surface area contributed by atoms with Crippen molar-refractivity contribution in [3.63, 3.8) is 0 Å². The van der Waals surface area contributed by atoms with Crippen LogP contribution < -0.4 is 10.0 Å². The van der Waals surface area contributed by atoms with Crippen molar-refractivity contribution in [3.8, 4) is 0 Å². The molecule has 0 bridgehead atoms. The number of sulfonamides is 1. The Bertz CT molecular complexity index is 606. The number of hydrogen-bond donors (Lipinski definition) is 2. The first kappa shape index (κ1) is 14.4. The van der Waals surface area contributed by atoms with Crippen molar-refractivity contribution in [2.45, 2.75) is 23.8 Å². The van der Waals surface area contributed by atoms with Crippen LogP contribution in [0.4, 0.5) is 4.39 Å². The summed E-state index contributed by atoms with van der Waals surface area (Å²) in [5, 5.41) is 2.63. The molecule has 1 aliphatic heterocycles. The molecule has 1 heterocycles. The van der Waals surface area contributed by atoms with Gasteiger partial charge in [0.05, 0.1) is 0 Å². The van der Waals surface area contributed by atoms with Crippen molar-refractivity contribution < 1.29 is 17.6 Å². The summed E-state index contributed by atoms with van der Waals surface area (Å²) in [4.78, 5) is 10.6. The second-order valence-corrected chi connectivity index (χ2v) is 6.88. The molecule has 1 unspecified atom stereocenters. The molecular weight excluding hydrogens is 339 g/mol. The van der Waals surface area contributed by atoms with Gasteiger partial charge in [0, 0.05) is 23.5 Å². The summed E-state index contributed by atoms with van der Waals surface area (Å²) < 4.78 is 40.2. The predicted octanol–water partition coefficient (Wildman–Crippen LogP) is 1.15. The molecule has 1 aromatic carbocycles. The van der Waals surface area contributed by atoms with Crippen molar-refractivity contribution in [1.29, 1.82) is 0 Å². The molecule has 1 atom stereocenters. The van der Waals surface area contributed by atoms with Gasteiger partial charge in [0.1, 0.15) is 10.7 Å². The molecule has 1 amide bonds. The largest absolute Gasteiger partial charge is 0.352 e. The molecule has 1 aliphatic rings. The van der Waals surface area contributed by atoms with Gasteiger partial charge in [-0.25, -0.2) is 17.5 Å². The standard InChI is InChI=1S/C11H12BrFN2O3S/c12-7-1-3-10(9(13)5-7)19(17,18)14-6-8-2-4-11(16)15-8/h1,3,5,8,14H,2,4,6H2,(H,15,16). The highest BCUT2D eigenvalue weighted by atomic mass is 79.9. The van der Waals surface area contributed by atoms with Crippen LogP contribution in [-0.4, -0.2) is 26.9 Å². The average molecular weight is 351 g/mol. The summed E-state index contributed by atoms with van der Waals surface area (Å²) in [6.07, 6.45) is 0.962. The average Bonchev–Trinajstić information content (AvgIpc) is 2.72. The molecule has 0 radical (unpaired) electrons. The third-order valence-corrected chi connectivity index (χ3v) is 4.74. The first-order valence-electron chi connectivity index (χ1n) is 5.62. The number of rotatable bonds is 4. The van der Waals surface area contributed by atoms with Gasteiger partial charge in [0.2, 0.25) is 15.9 Å². The highest BCUT2D eigenvalue weighted by molar-refractivity contribution is 9.10. The number of hydrogen-bond acceptors (Lipinski definition) is 3. The minimum atomic E-state index is -3.91. The lowest BCUT2D eigenvalue weighted by Gasteiger charge is -2.12. The number of nitrogens with one attached hydrogen (secondary N) is 2. The minimum Gasteiger partial charge on any atom is -0.352 e. The van der Waals surface area contributed by atoms with Crippen LogP contribution in [0.3, 0.4) is 0 Å². The summed E-state index contributed by atoms with van der Waals surface area (Å²) in [7, 11) is -3.91. The fraction of sp³-hybridized carbons (Fsp3) is 0.364.